The lowest BCUT2D eigenvalue weighted by Crippen LogP contribution is -2.36. The number of rotatable bonds is 6. The molecule has 2 aliphatic rings. The Kier molecular flexibility index (Phi) is 6.86. The van der Waals surface area contributed by atoms with Crippen LogP contribution in [0.2, 0.25) is 0 Å². The number of nitrogens with one attached hydrogen (secondary N) is 1. The van der Waals surface area contributed by atoms with E-state index in [0.717, 1.165) is 5.56 Å². The molecule has 2 heterocycles. The van der Waals surface area contributed by atoms with Crippen molar-refractivity contribution >= 4 is 29.3 Å². The molecule has 1 saturated heterocycles. The van der Waals surface area contributed by atoms with Gasteiger partial charge in [0, 0.05) is 37.0 Å². The van der Waals surface area contributed by atoms with Gasteiger partial charge in [-0.05, 0) is 51.5 Å². The first-order valence-corrected chi connectivity index (χ1v) is 11.7. The SMILES string of the molecule is CCN(Cc1ccccc1NC(=O)C1CC(=O)N(c2ccc3c(c2)OCO3)C1)C(=O)OC(C)(C)C. The van der Waals surface area contributed by atoms with Gasteiger partial charge < -0.3 is 29.3 Å². The molecule has 1 fully saturated rings. The molecule has 4 rings (SSSR count). The number of benzene rings is 2. The summed E-state index contributed by atoms with van der Waals surface area (Å²) in [5, 5.41) is 2.96. The van der Waals surface area contributed by atoms with E-state index in [-0.39, 0.29) is 38.1 Å². The summed E-state index contributed by atoms with van der Waals surface area (Å²) in [5.41, 5.74) is 1.46. The van der Waals surface area contributed by atoms with E-state index in [1.54, 1.807) is 34.1 Å². The van der Waals surface area contributed by atoms with E-state index >= 15 is 0 Å². The second kappa shape index (κ2) is 9.85. The third-order valence-corrected chi connectivity index (χ3v) is 5.83. The molecule has 1 unspecified atom stereocenters. The molecule has 2 aromatic rings. The highest BCUT2D eigenvalue weighted by Gasteiger charge is 2.36. The Bertz CT molecular complexity index is 1130. The monoisotopic (exact) mass is 481 g/mol. The number of fused-ring (bicyclic) bond motifs is 1. The summed E-state index contributed by atoms with van der Waals surface area (Å²) in [4.78, 5) is 41.6. The number of hydrogen-bond acceptors (Lipinski definition) is 6. The van der Waals surface area contributed by atoms with Gasteiger partial charge in [0.2, 0.25) is 18.6 Å². The molecule has 9 heteroatoms. The van der Waals surface area contributed by atoms with Gasteiger partial charge in [-0.25, -0.2) is 4.79 Å². The average molecular weight is 482 g/mol. The Balaban J connectivity index is 1.43. The van der Waals surface area contributed by atoms with E-state index in [0.29, 0.717) is 29.4 Å². The van der Waals surface area contributed by atoms with Crippen LogP contribution in [0.1, 0.15) is 39.7 Å². The maximum atomic E-state index is 13.1. The lowest BCUT2D eigenvalue weighted by atomic mass is 10.1. The van der Waals surface area contributed by atoms with Crippen molar-refractivity contribution < 1.29 is 28.6 Å². The van der Waals surface area contributed by atoms with Crippen LogP contribution in [-0.2, 0) is 20.9 Å². The highest BCUT2D eigenvalue weighted by atomic mass is 16.7. The molecule has 0 saturated carbocycles. The zero-order valence-corrected chi connectivity index (χ0v) is 20.5. The van der Waals surface area contributed by atoms with Crippen LogP contribution in [0.3, 0.4) is 0 Å². The maximum absolute atomic E-state index is 13.1. The Morgan fingerprint density at radius 2 is 1.89 bits per heavy atom. The van der Waals surface area contributed by atoms with Crippen molar-refractivity contribution in [1.82, 2.24) is 4.90 Å². The van der Waals surface area contributed by atoms with Crippen LogP contribution >= 0.6 is 0 Å². The molecule has 186 valence electrons. The predicted octanol–water partition coefficient (Wildman–Crippen LogP) is 4.16. The van der Waals surface area contributed by atoms with E-state index in [1.807, 2.05) is 45.9 Å². The first kappa shape index (κ1) is 24.4. The van der Waals surface area contributed by atoms with Crippen LogP contribution < -0.4 is 19.7 Å². The lowest BCUT2D eigenvalue weighted by Gasteiger charge is -2.27. The molecule has 35 heavy (non-hydrogen) atoms. The van der Waals surface area contributed by atoms with Crippen LogP contribution in [0, 0.1) is 5.92 Å². The summed E-state index contributed by atoms with van der Waals surface area (Å²) >= 11 is 0. The van der Waals surface area contributed by atoms with Crippen molar-refractivity contribution in [2.24, 2.45) is 5.92 Å². The molecule has 1 N–H and O–H groups in total. The summed E-state index contributed by atoms with van der Waals surface area (Å²) in [6, 6.07) is 12.6. The molecule has 0 aliphatic carbocycles. The van der Waals surface area contributed by atoms with Gasteiger partial charge in [-0.2, -0.15) is 0 Å². The smallest absolute Gasteiger partial charge is 0.410 e. The Morgan fingerprint density at radius 3 is 2.63 bits per heavy atom. The first-order valence-electron chi connectivity index (χ1n) is 11.7. The molecular weight excluding hydrogens is 450 g/mol. The van der Waals surface area contributed by atoms with Crippen molar-refractivity contribution in [1.29, 1.82) is 0 Å². The summed E-state index contributed by atoms with van der Waals surface area (Å²) in [7, 11) is 0. The lowest BCUT2D eigenvalue weighted by molar-refractivity contribution is -0.122. The second-order valence-electron chi connectivity index (χ2n) is 9.58. The number of para-hydroxylation sites is 1. The van der Waals surface area contributed by atoms with E-state index in [9.17, 15) is 14.4 Å². The maximum Gasteiger partial charge on any atom is 0.410 e. The summed E-state index contributed by atoms with van der Waals surface area (Å²) in [6.07, 6.45) is -0.302. The van der Waals surface area contributed by atoms with Crippen molar-refractivity contribution in [3.05, 3.63) is 48.0 Å². The summed E-state index contributed by atoms with van der Waals surface area (Å²) in [5.74, 6) is 0.351. The molecule has 9 nitrogen and oxygen atoms in total. The number of ether oxygens (including phenoxy) is 3. The number of hydrogen-bond donors (Lipinski definition) is 1. The Morgan fingerprint density at radius 1 is 1.14 bits per heavy atom. The number of carbonyl (C=O) groups is 3. The fourth-order valence-electron chi connectivity index (χ4n) is 4.04. The third kappa shape index (κ3) is 5.67. The summed E-state index contributed by atoms with van der Waals surface area (Å²) < 4.78 is 16.2. The Hall–Kier alpha value is -3.75. The second-order valence-corrected chi connectivity index (χ2v) is 9.58. The molecule has 2 aromatic carbocycles. The minimum absolute atomic E-state index is 0.113. The van der Waals surface area contributed by atoms with Gasteiger partial charge in [-0.3, -0.25) is 9.59 Å². The quantitative estimate of drug-likeness (QED) is 0.665. The standard InChI is InChI=1S/C26H31N3O6/c1-5-28(25(32)35-26(2,3)4)14-17-8-6-7-9-20(17)27-24(31)18-12-23(30)29(15-18)19-10-11-21-22(13-19)34-16-33-21/h6-11,13,18H,5,12,14-16H2,1-4H3,(H,27,31). The van der Waals surface area contributed by atoms with E-state index < -0.39 is 17.6 Å². The molecule has 0 bridgehead atoms. The molecule has 1 atom stereocenters. The van der Waals surface area contributed by atoms with Crippen molar-refractivity contribution in [3.8, 4) is 11.5 Å². The van der Waals surface area contributed by atoms with Gasteiger partial charge in [0.05, 0.1) is 12.5 Å². The van der Waals surface area contributed by atoms with Gasteiger partial charge in [0.1, 0.15) is 5.60 Å². The third-order valence-electron chi connectivity index (χ3n) is 5.83. The first-order chi connectivity index (χ1) is 16.6. The largest absolute Gasteiger partial charge is 0.454 e. The van der Waals surface area contributed by atoms with Crippen LogP contribution in [0.5, 0.6) is 11.5 Å². The fourth-order valence-corrected chi connectivity index (χ4v) is 4.04. The topological polar surface area (TPSA) is 97.4 Å². The molecule has 2 aliphatic heterocycles. The van der Waals surface area contributed by atoms with Gasteiger partial charge in [0.15, 0.2) is 11.5 Å². The van der Waals surface area contributed by atoms with Crippen molar-refractivity contribution in [2.45, 2.75) is 46.3 Å². The van der Waals surface area contributed by atoms with Gasteiger partial charge >= 0.3 is 6.09 Å². The van der Waals surface area contributed by atoms with Crippen molar-refractivity contribution in [2.75, 3.05) is 30.1 Å². The number of nitrogens with zero attached hydrogens (tertiary/aromatic N) is 2. The molecule has 0 spiro atoms. The summed E-state index contributed by atoms with van der Waals surface area (Å²) in [6.45, 7) is 8.51. The minimum atomic E-state index is -0.600. The van der Waals surface area contributed by atoms with Crippen LogP contribution in [0.15, 0.2) is 42.5 Å². The minimum Gasteiger partial charge on any atom is -0.454 e. The van der Waals surface area contributed by atoms with Crippen LogP contribution in [0.25, 0.3) is 0 Å². The van der Waals surface area contributed by atoms with Crippen molar-refractivity contribution in [3.63, 3.8) is 0 Å². The van der Waals surface area contributed by atoms with Gasteiger partial charge in [0.25, 0.3) is 0 Å². The molecule has 0 radical (unpaired) electrons. The highest BCUT2D eigenvalue weighted by Crippen LogP contribution is 2.37. The Labute approximate surface area is 204 Å². The predicted molar refractivity (Wildman–Crippen MR) is 130 cm³/mol. The van der Waals surface area contributed by atoms with E-state index in [2.05, 4.69) is 5.32 Å². The molecule has 3 amide bonds. The molecule has 0 aromatic heterocycles. The average Bonchev–Trinajstić information content (AvgIpc) is 3.43. The number of anilines is 2. The molecular formula is C26H31N3O6. The number of carbonyl (C=O) groups excluding carboxylic acids is 3. The zero-order valence-electron chi connectivity index (χ0n) is 20.5. The van der Waals surface area contributed by atoms with E-state index in [4.69, 9.17) is 14.2 Å². The fraction of sp³-hybridized carbons (Fsp3) is 0.423. The van der Waals surface area contributed by atoms with Crippen LogP contribution in [0.4, 0.5) is 16.2 Å². The van der Waals surface area contributed by atoms with Gasteiger partial charge in [-0.15, -0.1) is 0 Å². The highest BCUT2D eigenvalue weighted by molar-refractivity contribution is 6.03. The van der Waals surface area contributed by atoms with E-state index in [1.165, 1.54) is 0 Å². The normalized spacial score (nSPS) is 16.9. The van der Waals surface area contributed by atoms with Gasteiger partial charge in [-0.1, -0.05) is 18.2 Å². The number of amides is 3. The van der Waals surface area contributed by atoms with Crippen LogP contribution in [-0.4, -0.2) is 48.3 Å². The zero-order chi connectivity index (χ0) is 25.2.